The fourth-order valence-electron chi connectivity index (χ4n) is 3.25. The molecule has 7 nitrogen and oxygen atoms in total. The second-order valence-electron chi connectivity index (χ2n) is 8.04. The lowest BCUT2D eigenvalue weighted by atomic mass is 9.95. The molecular formula is C20H34BBrN4O3. The van der Waals surface area contributed by atoms with Crippen LogP contribution in [0.4, 0.5) is 10.5 Å². The first-order valence-electron chi connectivity index (χ1n) is 9.74. The molecule has 162 valence electrons. The number of piperidine rings is 1. The first-order chi connectivity index (χ1) is 13.3. The summed E-state index contributed by atoms with van der Waals surface area (Å²) in [6.45, 7) is 8.99. The van der Waals surface area contributed by atoms with E-state index in [4.69, 9.17) is 4.74 Å². The van der Waals surface area contributed by atoms with Crippen LogP contribution in [0.25, 0.3) is 0 Å². The lowest BCUT2D eigenvalue weighted by Crippen LogP contribution is -2.44. The molecule has 0 unspecified atom stereocenters. The minimum absolute atomic E-state index is 0. The smallest absolute Gasteiger partial charge is 0.407 e. The van der Waals surface area contributed by atoms with E-state index in [0.29, 0.717) is 25.6 Å². The third-order valence-electron chi connectivity index (χ3n) is 4.64. The lowest BCUT2D eigenvalue weighted by molar-refractivity contribution is -0.129. The van der Waals surface area contributed by atoms with E-state index in [1.165, 1.54) is 5.69 Å². The van der Waals surface area contributed by atoms with Gasteiger partial charge in [-0.05, 0) is 51.7 Å². The zero-order valence-electron chi connectivity index (χ0n) is 17.0. The van der Waals surface area contributed by atoms with Gasteiger partial charge in [0.15, 0.2) is 0 Å². The Labute approximate surface area is 184 Å². The quantitative estimate of drug-likeness (QED) is 0.488. The number of aromatic nitrogens is 1. The Morgan fingerprint density at radius 1 is 1.28 bits per heavy atom. The highest BCUT2D eigenvalue weighted by Gasteiger charge is 2.24. The minimum Gasteiger partial charge on any atom is -0.444 e. The van der Waals surface area contributed by atoms with E-state index in [-0.39, 0.29) is 19.7 Å². The number of halogens is 1. The van der Waals surface area contributed by atoms with Crippen LogP contribution in [0.5, 0.6) is 0 Å². The molecule has 1 aromatic rings. The van der Waals surface area contributed by atoms with E-state index in [1.807, 2.05) is 50.2 Å². The highest BCUT2D eigenvalue weighted by molar-refractivity contribution is 9.09. The van der Waals surface area contributed by atoms with Crippen molar-refractivity contribution >= 4 is 42.0 Å². The Morgan fingerprint density at radius 3 is 2.45 bits per heavy atom. The third-order valence-corrected chi connectivity index (χ3v) is 5.12. The van der Waals surface area contributed by atoms with Crippen molar-refractivity contribution in [3.63, 3.8) is 0 Å². The van der Waals surface area contributed by atoms with E-state index in [1.54, 1.807) is 0 Å². The van der Waals surface area contributed by atoms with Gasteiger partial charge >= 0.3 is 6.09 Å². The summed E-state index contributed by atoms with van der Waals surface area (Å²) in [6.07, 6.45) is 5.25. The maximum atomic E-state index is 12.3. The van der Waals surface area contributed by atoms with E-state index in [2.05, 4.69) is 31.1 Å². The van der Waals surface area contributed by atoms with Gasteiger partial charge in [-0.2, -0.15) is 0 Å². The van der Waals surface area contributed by atoms with Gasteiger partial charge in [0, 0.05) is 50.8 Å². The average molecular weight is 469 g/mol. The van der Waals surface area contributed by atoms with Crippen LogP contribution in [0.15, 0.2) is 24.5 Å². The van der Waals surface area contributed by atoms with Crippen LogP contribution < -0.4 is 10.2 Å². The summed E-state index contributed by atoms with van der Waals surface area (Å²) in [5.41, 5.74) is 0.668. The molecule has 1 aliphatic heterocycles. The van der Waals surface area contributed by atoms with Crippen LogP contribution in [0, 0.1) is 5.92 Å². The van der Waals surface area contributed by atoms with Gasteiger partial charge < -0.3 is 19.9 Å². The molecule has 0 aliphatic carbocycles. The van der Waals surface area contributed by atoms with Gasteiger partial charge in [0.25, 0.3) is 0 Å². The van der Waals surface area contributed by atoms with Crippen molar-refractivity contribution < 1.29 is 14.3 Å². The highest BCUT2D eigenvalue weighted by Crippen LogP contribution is 2.23. The molecule has 0 atom stereocenters. The average Bonchev–Trinajstić information content (AvgIpc) is 2.66. The van der Waals surface area contributed by atoms with Crippen molar-refractivity contribution in [3.05, 3.63) is 24.5 Å². The Kier molecular flexibility index (Phi) is 10.5. The molecule has 1 aromatic heterocycles. The predicted octanol–water partition coefficient (Wildman–Crippen LogP) is 1.86. The summed E-state index contributed by atoms with van der Waals surface area (Å²) < 4.78 is 5.24. The van der Waals surface area contributed by atoms with Gasteiger partial charge in [-0.1, -0.05) is 15.9 Å². The van der Waals surface area contributed by atoms with Crippen molar-refractivity contribution in [3.8, 4) is 0 Å². The Morgan fingerprint density at radius 2 is 1.90 bits per heavy atom. The van der Waals surface area contributed by atoms with Gasteiger partial charge in [-0.15, -0.1) is 0 Å². The number of rotatable bonds is 7. The van der Waals surface area contributed by atoms with Gasteiger partial charge in [0.1, 0.15) is 5.60 Å². The maximum absolute atomic E-state index is 12.3. The van der Waals surface area contributed by atoms with Crippen LogP contribution in [-0.2, 0) is 9.53 Å². The van der Waals surface area contributed by atoms with Gasteiger partial charge in [0.05, 0.1) is 13.7 Å². The second kappa shape index (κ2) is 12.0. The zero-order valence-corrected chi connectivity index (χ0v) is 18.6. The van der Waals surface area contributed by atoms with Crippen LogP contribution in [0.2, 0.25) is 0 Å². The van der Waals surface area contributed by atoms with Crippen molar-refractivity contribution in [2.75, 3.05) is 43.0 Å². The number of amides is 2. The number of pyridine rings is 1. The van der Waals surface area contributed by atoms with Gasteiger partial charge in [-0.3, -0.25) is 9.78 Å². The molecule has 9 heteroatoms. The SMILES string of the molecule is B.CC(C)(C)OC(=O)NCCN(CC1CCN(c2ccncc2)CC1)C(=O)CBr. The number of alkyl halides is 1. The van der Waals surface area contributed by atoms with E-state index < -0.39 is 11.7 Å². The standard InChI is InChI=1S/C20H31BrN4O3.BH3/c1-20(2,3)28-19(27)23-10-13-25(18(26)14-21)15-16-6-11-24(12-7-16)17-4-8-22-9-5-17;/h4-5,8-9,16H,6-7,10-15H2,1-3H3,(H,23,27);1H3. The Hall–Kier alpha value is -1.77. The topological polar surface area (TPSA) is 74.8 Å². The number of hydrogen-bond donors (Lipinski definition) is 1. The number of alkyl carbamates (subject to hydrolysis) is 1. The van der Waals surface area contributed by atoms with Crippen LogP contribution in [-0.4, -0.2) is 74.0 Å². The molecule has 0 aromatic carbocycles. The largest absolute Gasteiger partial charge is 0.444 e. The van der Waals surface area contributed by atoms with E-state index in [0.717, 1.165) is 25.9 Å². The first-order valence-corrected chi connectivity index (χ1v) is 10.9. The number of ether oxygens (including phenoxy) is 1. The predicted molar refractivity (Wildman–Crippen MR) is 124 cm³/mol. The Bertz CT molecular complexity index is 634. The molecule has 0 spiro atoms. The molecular weight excluding hydrogens is 435 g/mol. The molecule has 0 bridgehead atoms. The third kappa shape index (κ3) is 9.06. The van der Waals surface area contributed by atoms with Gasteiger partial charge in [0.2, 0.25) is 5.91 Å². The molecule has 1 fully saturated rings. The van der Waals surface area contributed by atoms with Crippen LogP contribution in [0.1, 0.15) is 33.6 Å². The summed E-state index contributed by atoms with van der Waals surface area (Å²) >= 11 is 3.26. The normalized spacial score (nSPS) is 14.7. The molecule has 0 saturated carbocycles. The molecule has 1 aliphatic rings. The maximum Gasteiger partial charge on any atom is 0.407 e. The van der Waals surface area contributed by atoms with E-state index in [9.17, 15) is 9.59 Å². The van der Waals surface area contributed by atoms with Crippen molar-refractivity contribution in [1.82, 2.24) is 15.2 Å². The molecule has 2 rings (SSSR count). The summed E-state index contributed by atoms with van der Waals surface area (Å²) in [6, 6.07) is 4.06. The van der Waals surface area contributed by atoms with Crippen LogP contribution in [0.3, 0.4) is 0 Å². The zero-order chi connectivity index (χ0) is 20.6. The fourth-order valence-corrected chi connectivity index (χ4v) is 3.60. The van der Waals surface area contributed by atoms with Crippen molar-refractivity contribution in [2.24, 2.45) is 5.92 Å². The Balaban J connectivity index is 0.00000420. The first kappa shape index (κ1) is 25.3. The highest BCUT2D eigenvalue weighted by atomic mass is 79.9. The summed E-state index contributed by atoms with van der Waals surface area (Å²) in [7, 11) is 0. The number of nitrogens with one attached hydrogen (secondary N) is 1. The molecule has 1 N–H and O–H groups in total. The number of hydrogen-bond acceptors (Lipinski definition) is 5. The molecule has 2 amide bonds. The molecule has 29 heavy (non-hydrogen) atoms. The number of carbonyl (C=O) groups excluding carboxylic acids is 2. The molecule has 1 saturated heterocycles. The van der Waals surface area contributed by atoms with Crippen molar-refractivity contribution in [1.29, 1.82) is 0 Å². The number of nitrogens with zero attached hydrogens (tertiary/aromatic N) is 3. The van der Waals surface area contributed by atoms with E-state index >= 15 is 0 Å². The fraction of sp³-hybridized carbons (Fsp3) is 0.650. The lowest BCUT2D eigenvalue weighted by Gasteiger charge is -2.36. The number of carbonyl (C=O) groups is 2. The number of anilines is 1. The summed E-state index contributed by atoms with van der Waals surface area (Å²) in [5.74, 6) is 0.505. The van der Waals surface area contributed by atoms with Crippen molar-refractivity contribution in [2.45, 2.75) is 39.2 Å². The van der Waals surface area contributed by atoms with Crippen LogP contribution >= 0.6 is 15.9 Å². The minimum atomic E-state index is -0.530. The summed E-state index contributed by atoms with van der Waals surface area (Å²) in [5, 5.41) is 3.02. The second-order valence-corrected chi connectivity index (χ2v) is 8.60. The molecule has 0 radical (unpaired) electrons. The monoisotopic (exact) mass is 468 g/mol. The summed E-state index contributed by atoms with van der Waals surface area (Å²) in [4.78, 5) is 32.3. The molecule has 2 heterocycles. The van der Waals surface area contributed by atoms with Gasteiger partial charge in [-0.25, -0.2) is 4.79 Å².